The zero-order chi connectivity index (χ0) is 12.0. The van der Waals surface area contributed by atoms with Crippen molar-refractivity contribution in [1.82, 2.24) is 4.90 Å². The smallest absolute Gasteiger partial charge is 0.286 e. The molecule has 1 rings (SSSR count). The maximum Gasteiger partial charge on any atom is 0.286 e. The first-order valence-electron chi connectivity index (χ1n) is 5.77. The summed E-state index contributed by atoms with van der Waals surface area (Å²) < 4.78 is 0. The average molecular weight is 237 g/mol. The molecule has 0 bridgehead atoms. The zero-order valence-electron chi connectivity index (χ0n) is 10.2. The van der Waals surface area contributed by atoms with E-state index >= 15 is 0 Å². The third kappa shape index (κ3) is 3.27. The van der Waals surface area contributed by atoms with Gasteiger partial charge in [0, 0.05) is 18.0 Å². The van der Waals surface area contributed by atoms with E-state index in [1.54, 1.807) is 0 Å². The molecule has 0 unspecified atom stereocenters. The van der Waals surface area contributed by atoms with E-state index in [0.29, 0.717) is 0 Å². The Labute approximate surface area is 102 Å². The molecular formula is C13H19NOS. The molecule has 0 atom stereocenters. The third-order valence-electron chi connectivity index (χ3n) is 2.57. The summed E-state index contributed by atoms with van der Waals surface area (Å²) in [6.45, 7) is 7.68. The standard InChI is InChI=1S/C13H19NOS/c1-4-11-9-7-8-10-12(11)16-13(15)14(5-2)6-3/h7-10H,4-6H2,1-3H3. The van der Waals surface area contributed by atoms with E-state index in [0.717, 1.165) is 24.4 Å². The minimum absolute atomic E-state index is 0.144. The maximum atomic E-state index is 11.9. The van der Waals surface area contributed by atoms with Gasteiger partial charge < -0.3 is 4.90 Å². The fourth-order valence-electron chi connectivity index (χ4n) is 1.54. The van der Waals surface area contributed by atoms with Gasteiger partial charge in [0.2, 0.25) is 0 Å². The molecular weight excluding hydrogens is 218 g/mol. The second-order valence-corrected chi connectivity index (χ2v) is 4.49. The van der Waals surface area contributed by atoms with Gasteiger partial charge in [0.05, 0.1) is 0 Å². The number of hydrogen-bond acceptors (Lipinski definition) is 2. The number of amides is 1. The van der Waals surface area contributed by atoms with Crippen LogP contribution in [0.4, 0.5) is 4.79 Å². The minimum Gasteiger partial charge on any atom is -0.334 e. The Morgan fingerprint density at radius 2 is 1.81 bits per heavy atom. The first-order chi connectivity index (χ1) is 7.72. The monoisotopic (exact) mass is 237 g/mol. The number of carbonyl (C=O) groups excluding carboxylic acids is 1. The van der Waals surface area contributed by atoms with Gasteiger partial charge in [0.15, 0.2) is 0 Å². The maximum absolute atomic E-state index is 11.9. The van der Waals surface area contributed by atoms with Crippen molar-refractivity contribution in [1.29, 1.82) is 0 Å². The second kappa shape index (κ2) is 6.59. The zero-order valence-corrected chi connectivity index (χ0v) is 11.0. The number of nitrogens with zero attached hydrogens (tertiary/aromatic N) is 1. The fraction of sp³-hybridized carbons (Fsp3) is 0.462. The third-order valence-corrected chi connectivity index (χ3v) is 3.62. The van der Waals surface area contributed by atoms with E-state index < -0.39 is 0 Å². The largest absolute Gasteiger partial charge is 0.334 e. The molecule has 1 aromatic rings. The lowest BCUT2D eigenvalue weighted by atomic mass is 10.2. The van der Waals surface area contributed by atoms with Gasteiger partial charge in [-0.25, -0.2) is 0 Å². The van der Waals surface area contributed by atoms with Gasteiger partial charge in [0.1, 0.15) is 0 Å². The van der Waals surface area contributed by atoms with Crippen molar-refractivity contribution in [3.63, 3.8) is 0 Å². The van der Waals surface area contributed by atoms with Crippen LogP contribution in [0.25, 0.3) is 0 Å². The van der Waals surface area contributed by atoms with Gasteiger partial charge >= 0.3 is 0 Å². The molecule has 0 aromatic heterocycles. The first-order valence-corrected chi connectivity index (χ1v) is 6.59. The predicted octanol–water partition coefficient (Wildman–Crippen LogP) is 3.80. The number of rotatable bonds is 4. The number of hydrogen-bond donors (Lipinski definition) is 0. The van der Waals surface area contributed by atoms with E-state index in [1.807, 2.05) is 36.9 Å². The van der Waals surface area contributed by atoms with Gasteiger partial charge in [-0.05, 0) is 43.7 Å². The Hall–Kier alpha value is -0.960. The second-order valence-electron chi connectivity index (χ2n) is 3.50. The van der Waals surface area contributed by atoms with E-state index in [4.69, 9.17) is 0 Å². The van der Waals surface area contributed by atoms with Crippen molar-refractivity contribution >= 4 is 17.0 Å². The molecule has 0 aliphatic carbocycles. The highest BCUT2D eigenvalue weighted by molar-refractivity contribution is 8.13. The summed E-state index contributed by atoms with van der Waals surface area (Å²) in [4.78, 5) is 14.9. The summed E-state index contributed by atoms with van der Waals surface area (Å²) in [6.07, 6.45) is 0.967. The summed E-state index contributed by atoms with van der Waals surface area (Å²) in [7, 11) is 0. The lowest BCUT2D eigenvalue weighted by Crippen LogP contribution is -2.26. The summed E-state index contributed by atoms with van der Waals surface area (Å²) in [5, 5.41) is 0.144. The van der Waals surface area contributed by atoms with Crippen LogP contribution >= 0.6 is 11.8 Å². The molecule has 0 spiro atoms. The molecule has 2 nitrogen and oxygen atoms in total. The molecule has 1 aromatic carbocycles. The first kappa shape index (κ1) is 13.1. The number of benzene rings is 1. The Kier molecular flexibility index (Phi) is 5.39. The highest BCUT2D eigenvalue weighted by atomic mass is 32.2. The lowest BCUT2D eigenvalue weighted by molar-refractivity contribution is 0.228. The van der Waals surface area contributed by atoms with Crippen LogP contribution in [-0.2, 0) is 6.42 Å². The summed E-state index contributed by atoms with van der Waals surface area (Å²) in [5.41, 5.74) is 1.24. The highest BCUT2D eigenvalue weighted by Gasteiger charge is 2.12. The van der Waals surface area contributed by atoms with Crippen LogP contribution in [0, 0.1) is 0 Å². The van der Waals surface area contributed by atoms with Crippen LogP contribution < -0.4 is 0 Å². The quantitative estimate of drug-likeness (QED) is 0.742. The van der Waals surface area contributed by atoms with Gasteiger partial charge in [0.25, 0.3) is 5.24 Å². The van der Waals surface area contributed by atoms with Crippen molar-refractivity contribution in [3.05, 3.63) is 29.8 Å². The molecule has 0 heterocycles. The molecule has 0 saturated heterocycles. The SMILES string of the molecule is CCc1ccccc1SC(=O)N(CC)CC. The Morgan fingerprint density at radius 3 is 2.38 bits per heavy atom. The van der Waals surface area contributed by atoms with Crippen LogP contribution in [0.1, 0.15) is 26.3 Å². The Bertz CT molecular complexity index is 348. The van der Waals surface area contributed by atoms with Crippen LogP contribution in [0.2, 0.25) is 0 Å². The van der Waals surface area contributed by atoms with Crippen LogP contribution in [-0.4, -0.2) is 23.2 Å². The van der Waals surface area contributed by atoms with E-state index in [2.05, 4.69) is 13.0 Å². The summed E-state index contributed by atoms with van der Waals surface area (Å²) >= 11 is 1.34. The summed E-state index contributed by atoms with van der Waals surface area (Å²) in [5.74, 6) is 0. The van der Waals surface area contributed by atoms with E-state index in [-0.39, 0.29) is 5.24 Å². The summed E-state index contributed by atoms with van der Waals surface area (Å²) in [6, 6.07) is 8.10. The lowest BCUT2D eigenvalue weighted by Gasteiger charge is -2.18. The van der Waals surface area contributed by atoms with Crippen molar-refractivity contribution < 1.29 is 4.79 Å². The molecule has 1 amide bonds. The predicted molar refractivity (Wildman–Crippen MR) is 70.0 cm³/mol. The average Bonchev–Trinajstić information content (AvgIpc) is 2.31. The molecule has 0 N–H and O–H groups in total. The molecule has 0 aliphatic heterocycles. The van der Waals surface area contributed by atoms with E-state index in [9.17, 15) is 4.79 Å². The number of aryl methyl sites for hydroxylation is 1. The molecule has 0 fully saturated rings. The number of carbonyl (C=O) groups is 1. The Morgan fingerprint density at radius 1 is 1.19 bits per heavy atom. The van der Waals surface area contributed by atoms with Gasteiger partial charge in [-0.3, -0.25) is 4.79 Å². The van der Waals surface area contributed by atoms with Gasteiger partial charge in [-0.15, -0.1) is 0 Å². The molecule has 16 heavy (non-hydrogen) atoms. The van der Waals surface area contributed by atoms with Crippen LogP contribution in [0.15, 0.2) is 29.2 Å². The van der Waals surface area contributed by atoms with Crippen molar-refractivity contribution in [3.8, 4) is 0 Å². The van der Waals surface area contributed by atoms with Gasteiger partial charge in [-0.2, -0.15) is 0 Å². The van der Waals surface area contributed by atoms with Crippen LogP contribution in [0.3, 0.4) is 0 Å². The van der Waals surface area contributed by atoms with Crippen molar-refractivity contribution in [2.45, 2.75) is 32.1 Å². The molecule has 0 radical (unpaired) electrons. The fourth-order valence-corrected chi connectivity index (χ4v) is 2.60. The number of thioether (sulfide) groups is 1. The van der Waals surface area contributed by atoms with Crippen molar-refractivity contribution in [2.75, 3.05) is 13.1 Å². The molecule has 3 heteroatoms. The molecule has 0 aliphatic rings. The van der Waals surface area contributed by atoms with Crippen molar-refractivity contribution in [2.24, 2.45) is 0 Å². The van der Waals surface area contributed by atoms with E-state index in [1.165, 1.54) is 17.3 Å². The topological polar surface area (TPSA) is 20.3 Å². The minimum atomic E-state index is 0.144. The van der Waals surface area contributed by atoms with Crippen LogP contribution in [0.5, 0.6) is 0 Å². The van der Waals surface area contributed by atoms with Gasteiger partial charge in [-0.1, -0.05) is 25.1 Å². The normalized spacial score (nSPS) is 10.2. The molecule has 0 saturated carbocycles. The molecule has 88 valence electrons. The Balaban J connectivity index is 2.76. The highest BCUT2D eigenvalue weighted by Crippen LogP contribution is 2.25.